The van der Waals surface area contributed by atoms with Gasteiger partial charge in [-0.1, -0.05) is 6.92 Å². The summed E-state index contributed by atoms with van der Waals surface area (Å²) in [6, 6.07) is 0. The largest absolute Gasteiger partial charge is 0.273 e. The number of hydrogen-bond donors (Lipinski definition) is 2. The first-order chi connectivity index (χ1) is 5.07. The van der Waals surface area contributed by atoms with Crippen molar-refractivity contribution >= 4 is 23.4 Å². The van der Waals surface area contributed by atoms with Gasteiger partial charge in [-0.2, -0.15) is 0 Å². The molecule has 0 heterocycles. The Morgan fingerprint density at radius 3 is 2.36 bits per heavy atom. The third-order valence-corrected chi connectivity index (χ3v) is 1.21. The number of carbonyl (C=O) groups is 2. The van der Waals surface area contributed by atoms with Gasteiger partial charge in [-0.05, 0) is 6.92 Å². The fourth-order valence-corrected chi connectivity index (χ4v) is 0.374. The van der Waals surface area contributed by atoms with Crippen LogP contribution in [0.1, 0.15) is 20.3 Å². The molecule has 0 spiro atoms. The van der Waals surface area contributed by atoms with Gasteiger partial charge in [0.05, 0.1) is 0 Å². The molecule has 0 aromatic rings. The van der Waals surface area contributed by atoms with Crippen molar-refractivity contribution in [2.24, 2.45) is 0 Å². The molecule has 0 aliphatic carbocycles. The maximum atomic E-state index is 10.7. The molecule has 0 radical (unpaired) electrons. The van der Waals surface area contributed by atoms with Crippen LogP contribution in [-0.2, 0) is 9.59 Å². The van der Waals surface area contributed by atoms with Gasteiger partial charge in [0.15, 0.2) is 0 Å². The third-order valence-electron chi connectivity index (χ3n) is 1.01. The number of hydrazine groups is 1. The molecule has 0 rings (SSSR count). The van der Waals surface area contributed by atoms with Gasteiger partial charge in [0.1, 0.15) is 5.38 Å². The summed E-state index contributed by atoms with van der Waals surface area (Å²) >= 11 is 5.39. The fourth-order valence-electron chi connectivity index (χ4n) is 0.319. The summed E-state index contributed by atoms with van der Waals surface area (Å²) in [7, 11) is 0. The summed E-state index contributed by atoms with van der Waals surface area (Å²) in [5, 5.41) is -0.632. The number of nitrogens with one attached hydrogen (secondary N) is 2. The Balaban J connectivity index is 3.54. The third kappa shape index (κ3) is 4.61. The van der Waals surface area contributed by atoms with Crippen LogP contribution in [0.2, 0.25) is 0 Å². The van der Waals surface area contributed by atoms with E-state index in [1.807, 2.05) is 0 Å². The van der Waals surface area contributed by atoms with Crippen molar-refractivity contribution in [2.45, 2.75) is 25.6 Å². The van der Waals surface area contributed by atoms with Gasteiger partial charge in [-0.3, -0.25) is 20.4 Å². The normalized spacial score (nSPS) is 11.9. The smallest absolute Gasteiger partial charge is 0.256 e. The summed E-state index contributed by atoms with van der Waals surface area (Å²) in [5.74, 6) is -0.649. The van der Waals surface area contributed by atoms with Crippen molar-refractivity contribution in [3.8, 4) is 0 Å². The van der Waals surface area contributed by atoms with Crippen LogP contribution in [0.25, 0.3) is 0 Å². The van der Waals surface area contributed by atoms with Crippen molar-refractivity contribution in [3.05, 3.63) is 0 Å². The molecule has 2 N–H and O–H groups in total. The lowest BCUT2D eigenvalue weighted by atomic mass is 10.4. The van der Waals surface area contributed by atoms with Crippen LogP contribution in [-0.4, -0.2) is 17.2 Å². The van der Waals surface area contributed by atoms with Gasteiger partial charge in [0, 0.05) is 6.42 Å². The van der Waals surface area contributed by atoms with Crippen LogP contribution in [0.5, 0.6) is 0 Å². The van der Waals surface area contributed by atoms with Crippen molar-refractivity contribution in [2.75, 3.05) is 0 Å². The van der Waals surface area contributed by atoms with Crippen molar-refractivity contribution in [1.29, 1.82) is 0 Å². The SMILES string of the molecule is CCC(=O)NNC(=O)[C@H](C)Cl. The molecule has 0 saturated carbocycles. The molecule has 0 bridgehead atoms. The van der Waals surface area contributed by atoms with Gasteiger partial charge in [0.25, 0.3) is 5.91 Å². The van der Waals surface area contributed by atoms with E-state index in [1.165, 1.54) is 6.92 Å². The highest BCUT2D eigenvalue weighted by Gasteiger charge is 2.08. The van der Waals surface area contributed by atoms with E-state index in [2.05, 4.69) is 10.9 Å². The summed E-state index contributed by atoms with van der Waals surface area (Å²) < 4.78 is 0. The molecule has 0 aliphatic heterocycles. The number of hydrogen-bond acceptors (Lipinski definition) is 2. The summed E-state index contributed by atoms with van der Waals surface area (Å²) in [6.45, 7) is 3.21. The second-order valence-electron chi connectivity index (χ2n) is 2.01. The Morgan fingerprint density at radius 1 is 1.45 bits per heavy atom. The molecule has 0 aromatic carbocycles. The lowest BCUT2D eigenvalue weighted by molar-refractivity contribution is -0.128. The first kappa shape index (κ1) is 10.2. The average Bonchev–Trinajstić information content (AvgIpc) is 1.99. The molecule has 0 saturated heterocycles. The van der Waals surface area contributed by atoms with Crippen LogP contribution in [0.15, 0.2) is 0 Å². The fraction of sp³-hybridized carbons (Fsp3) is 0.667. The number of carbonyl (C=O) groups excluding carboxylic acids is 2. The molecule has 0 fully saturated rings. The zero-order valence-electron chi connectivity index (χ0n) is 6.48. The van der Waals surface area contributed by atoms with Gasteiger partial charge in [-0.15, -0.1) is 11.6 Å². The van der Waals surface area contributed by atoms with E-state index in [-0.39, 0.29) is 5.91 Å². The monoisotopic (exact) mass is 178 g/mol. The first-order valence-electron chi connectivity index (χ1n) is 3.30. The van der Waals surface area contributed by atoms with Gasteiger partial charge in [-0.25, -0.2) is 0 Å². The quantitative estimate of drug-likeness (QED) is 0.468. The highest BCUT2D eigenvalue weighted by Crippen LogP contribution is 1.90. The minimum atomic E-state index is -0.632. The maximum Gasteiger partial charge on any atom is 0.256 e. The van der Waals surface area contributed by atoms with E-state index in [0.717, 1.165) is 0 Å². The lowest BCUT2D eigenvalue weighted by Crippen LogP contribution is -2.44. The Morgan fingerprint density at radius 2 is 2.00 bits per heavy atom. The van der Waals surface area contributed by atoms with Crippen LogP contribution >= 0.6 is 11.6 Å². The minimum absolute atomic E-state index is 0.240. The van der Waals surface area contributed by atoms with Gasteiger partial charge < -0.3 is 0 Å². The van der Waals surface area contributed by atoms with Gasteiger partial charge >= 0.3 is 0 Å². The molecule has 5 heteroatoms. The number of halogens is 1. The Bertz CT molecular complexity index is 159. The predicted octanol–water partition coefficient (Wildman–Crippen LogP) is 0.171. The Labute approximate surface area is 70.3 Å². The van der Waals surface area contributed by atoms with Crippen LogP contribution in [0.3, 0.4) is 0 Å². The molecule has 1 atom stereocenters. The molecular weight excluding hydrogens is 168 g/mol. The highest BCUT2D eigenvalue weighted by atomic mass is 35.5. The number of alkyl halides is 1. The molecular formula is C6H11ClN2O2. The first-order valence-corrected chi connectivity index (χ1v) is 3.74. The minimum Gasteiger partial charge on any atom is -0.273 e. The molecule has 64 valence electrons. The Kier molecular flexibility index (Phi) is 4.61. The van der Waals surface area contributed by atoms with Crippen molar-refractivity contribution in [1.82, 2.24) is 10.9 Å². The molecule has 0 unspecified atom stereocenters. The van der Waals surface area contributed by atoms with E-state index in [0.29, 0.717) is 6.42 Å². The van der Waals surface area contributed by atoms with E-state index < -0.39 is 11.3 Å². The van der Waals surface area contributed by atoms with Gasteiger partial charge in [0.2, 0.25) is 5.91 Å². The van der Waals surface area contributed by atoms with Crippen molar-refractivity contribution in [3.63, 3.8) is 0 Å². The van der Waals surface area contributed by atoms with E-state index in [4.69, 9.17) is 11.6 Å². The molecule has 0 aliphatic rings. The van der Waals surface area contributed by atoms with E-state index in [9.17, 15) is 9.59 Å². The van der Waals surface area contributed by atoms with Crippen LogP contribution < -0.4 is 10.9 Å². The zero-order valence-corrected chi connectivity index (χ0v) is 7.23. The maximum absolute atomic E-state index is 10.7. The second-order valence-corrected chi connectivity index (χ2v) is 2.66. The van der Waals surface area contributed by atoms with E-state index in [1.54, 1.807) is 6.92 Å². The number of rotatable bonds is 2. The van der Waals surface area contributed by atoms with Crippen LogP contribution in [0, 0.1) is 0 Å². The number of amides is 2. The Hall–Kier alpha value is -0.770. The topological polar surface area (TPSA) is 58.2 Å². The molecule has 4 nitrogen and oxygen atoms in total. The highest BCUT2D eigenvalue weighted by molar-refractivity contribution is 6.30. The summed E-state index contributed by atoms with van der Waals surface area (Å²) in [6.07, 6.45) is 0.330. The summed E-state index contributed by atoms with van der Waals surface area (Å²) in [5.41, 5.74) is 4.35. The zero-order chi connectivity index (χ0) is 8.85. The molecule has 2 amide bonds. The second kappa shape index (κ2) is 4.96. The molecule has 0 aromatic heterocycles. The van der Waals surface area contributed by atoms with Crippen molar-refractivity contribution < 1.29 is 9.59 Å². The average molecular weight is 179 g/mol. The van der Waals surface area contributed by atoms with Crippen LogP contribution in [0.4, 0.5) is 0 Å². The summed E-state index contributed by atoms with van der Waals surface area (Å²) in [4.78, 5) is 21.3. The van der Waals surface area contributed by atoms with E-state index >= 15 is 0 Å². The molecule has 11 heavy (non-hydrogen) atoms. The lowest BCUT2D eigenvalue weighted by Gasteiger charge is -2.06. The standard InChI is InChI=1S/C6H11ClN2O2/c1-3-5(10)8-9-6(11)4(2)7/h4H,3H2,1-2H3,(H,8,10)(H,9,11)/t4-/m0/s1. The predicted molar refractivity (Wildman–Crippen MR) is 41.9 cm³/mol.